The number of carbonyl (C=O) groups is 1. The van der Waals surface area contributed by atoms with Crippen molar-refractivity contribution in [2.24, 2.45) is 0 Å². The minimum Gasteiger partial charge on any atom is -0.467 e. The van der Waals surface area contributed by atoms with E-state index in [9.17, 15) is 4.79 Å². The lowest BCUT2D eigenvalue weighted by Crippen LogP contribution is -2.08. The highest BCUT2D eigenvalue weighted by molar-refractivity contribution is 7.08. The van der Waals surface area contributed by atoms with E-state index in [1.54, 1.807) is 12.3 Å². The topological polar surface area (TPSA) is 55.8 Å². The van der Waals surface area contributed by atoms with Crippen LogP contribution in [0.15, 0.2) is 10.8 Å². The van der Waals surface area contributed by atoms with Crippen LogP contribution in [0.25, 0.3) is 0 Å². The third kappa shape index (κ3) is 3.01. The van der Waals surface area contributed by atoms with Crippen LogP contribution >= 0.6 is 11.3 Å². The van der Waals surface area contributed by atoms with Crippen molar-refractivity contribution >= 4 is 17.3 Å². The Morgan fingerprint density at radius 1 is 1.57 bits per heavy atom. The van der Waals surface area contributed by atoms with Gasteiger partial charge in [-0.05, 0) is 12.3 Å². The maximum atomic E-state index is 11.1. The van der Waals surface area contributed by atoms with Crippen LogP contribution in [0.4, 0.5) is 0 Å². The smallest absolute Gasteiger partial charge is 0.310 e. The number of esters is 1. The van der Waals surface area contributed by atoms with Crippen molar-refractivity contribution in [2.75, 3.05) is 13.4 Å². The van der Waals surface area contributed by atoms with Crippen LogP contribution in [0.5, 0.6) is 5.75 Å². The van der Waals surface area contributed by atoms with Crippen LogP contribution in [0.3, 0.4) is 0 Å². The van der Waals surface area contributed by atoms with Crippen molar-refractivity contribution in [3.8, 4) is 5.75 Å². The van der Waals surface area contributed by atoms with Crippen molar-refractivity contribution in [2.45, 2.75) is 13.3 Å². The summed E-state index contributed by atoms with van der Waals surface area (Å²) in [7, 11) is 0. The summed E-state index contributed by atoms with van der Waals surface area (Å²) in [5.74, 6) is 0.263. The fourth-order valence-corrected chi connectivity index (χ4v) is 1.78. The van der Waals surface area contributed by atoms with Crippen molar-refractivity contribution in [1.82, 2.24) is 0 Å². The predicted molar refractivity (Wildman–Crippen MR) is 52.4 cm³/mol. The number of hydrogen-bond acceptors (Lipinski definition) is 5. The Morgan fingerprint density at radius 2 is 2.36 bits per heavy atom. The highest BCUT2D eigenvalue weighted by atomic mass is 32.1. The van der Waals surface area contributed by atoms with E-state index >= 15 is 0 Å². The molecule has 0 spiro atoms. The molecule has 0 saturated heterocycles. The Morgan fingerprint density at radius 3 is 3.00 bits per heavy atom. The third-order valence-corrected chi connectivity index (χ3v) is 2.33. The largest absolute Gasteiger partial charge is 0.467 e. The zero-order valence-corrected chi connectivity index (χ0v) is 8.67. The first kappa shape index (κ1) is 11.0. The van der Waals surface area contributed by atoms with Gasteiger partial charge in [-0.3, -0.25) is 4.79 Å². The van der Waals surface area contributed by atoms with Gasteiger partial charge < -0.3 is 14.6 Å². The molecule has 0 aliphatic rings. The highest BCUT2D eigenvalue weighted by Crippen LogP contribution is 2.24. The first-order valence-electron chi connectivity index (χ1n) is 4.22. The molecule has 0 atom stereocenters. The molecule has 0 aliphatic heterocycles. The van der Waals surface area contributed by atoms with E-state index in [1.165, 1.54) is 11.3 Å². The summed E-state index contributed by atoms with van der Waals surface area (Å²) in [6, 6.07) is 0. The second kappa shape index (κ2) is 5.62. The van der Waals surface area contributed by atoms with Gasteiger partial charge in [-0.25, -0.2) is 0 Å². The average molecular weight is 216 g/mol. The van der Waals surface area contributed by atoms with Crippen LogP contribution in [0.2, 0.25) is 0 Å². The van der Waals surface area contributed by atoms with Crippen molar-refractivity contribution in [1.29, 1.82) is 0 Å². The number of carbonyl (C=O) groups excluding carboxylic acids is 1. The summed E-state index contributed by atoms with van der Waals surface area (Å²) in [4.78, 5) is 11.1. The molecule has 5 heteroatoms. The van der Waals surface area contributed by atoms with E-state index in [4.69, 9.17) is 14.6 Å². The Balaban J connectivity index is 2.56. The van der Waals surface area contributed by atoms with Gasteiger partial charge in [0.1, 0.15) is 5.75 Å². The highest BCUT2D eigenvalue weighted by Gasteiger charge is 2.10. The zero-order chi connectivity index (χ0) is 10.4. The molecule has 0 aliphatic carbocycles. The van der Waals surface area contributed by atoms with Crippen molar-refractivity contribution in [3.05, 3.63) is 16.3 Å². The Labute approximate surface area is 86.1 Å². The molecule has 1 rings (SSSR count). The number of ether oxygens (including phenoxy) is 2. The lowest BCUT2D eigenvalue weighted by atomic mass is 10.2. The van der Waals surface area contributed by atoms with Gasteiger partial charge in [0.15, 0.2) is 6.79 Å². The first-order chi connectivity index (χ1) is 6.77. The molecule has 1 N–H and O–H groups in total. The fraction of sp³-hybridized carbons (Fsp3) is 0.444. The average Bonchev–Trinajstić information content (AvgIpc) is 2.54. The standard InChI is InChI=1S/C9H12O4S/c1-2-12-9(11)3-7-4-14-5-8(7)13-6-10/h4-5,10H,2-3,6H2,1H3. The molecule has 0 fully saturated rings. The van der Waals surface area contributed by atoms with Crippen LogP contribution in [0, 0.1) is 0 Å². The van der Waals surface area contributed by atoms with E-state index in [1.807, 2.05) is 5.38 Å². The van der Waals surface area contributed by atoms with Gasteiger partial charge in [0, 0.05) is 10.9 Å². The van der Waals surface area contributed by atoms with Gasteiger partial charge in [-0.15, -0.1) is 11.3 Å². The zero-order valence-electron chi connectivity index (χ0n) is 7.86. The second-order valence-corrected chi connectivity index (χ2v) is 3.26. The molecule has 1 aromatic heterocycles. The molecule has 0 unspecified atom stereocenters. The maximum absolute atomic E-state index is 11.1. The SMILES string of the molecule is CCOC(=O)Cc1cscc1OCO. The van der Waals surface area contributed by atoms with E-state index in [2.05, 4.69) is 0 Å². The van der Waals surface area contributed by atoms with Gasteiger partial charge >= 0.3 is 5.97 Å². The van der Waals surface area contributed by atoms with Gasteiger partial charge in [-0.2, -0.15) is 0 Å². The summed E-state index contributed by atoms with van der Waals surface area (Å²) in [6.07, 6.45) is 0.187. The Hall–Kier alpha value is -1.07. The number of aliphatic hydroxyl groups is 1. The van der Waals surface area contributed by atoms with Gasteiger partial charge in [-0.1, -0.05) is 0 Å². The second-order valence-electron chi connectivity index (χ2n) is 2.52. The molecule has 1 aromatic rings. The molecule has 78 valence electrons. The van der Waals surface area contributed by atoms with Crippen molar-refractivity contribution in [3.63, 3.8) is 0 Å². The van der Waals surface area contributed by atoms with E-state index in [-0.39, 0.29) is 19.2 Å². The number of rotatable bonds is 5. The number of thiophene rings is 1. The van der Waals surface area contributed by atoms with Crippen LogP contribution < -0.4 is 4.74 Å². The quantitative estimate of drug-likeness (QED) is 0.593. The molecular formula is C9H12O4S. The molecule has 0 bridgehead atoms. The molecule has 0 aromatic carbocycles. The lowest BCUT2D eigenvalue weighted by molar-refractivity contribution is -0.142. The molecule has 14 heavy (non-hydrogen) atoms. The van der Waals surface area contributed by atoms with Crippen LogP contribution in [-0.4, -0.2) is 24.5 Å². The molecule has 0 saturated carbocycles. The van der Waals surface area contributed by atoms with Gasteiger partial charge in [0.2, 0.25) is 0 Å². The molecule has 1 heterocycles. The normalized spacial score (nSPS) is 9.86. The lowest BCUT2D eigenvalue weighted by Gasteiger charge is -2.03. The third-order valence-electron chi connectivity index (χ3n) is 1.56. The predicted octanol–water partition coefficient (Wildman–Crippen LogP) is 1.18. The van der Waals surface area contributed by atoms with Crippen LogP contribution in [-0.2, 0) is 16.0 Å². The molecule has 0 radical (unpaired) electrons. The van der Waals surface area contributed by atoms with E-state index in [0.29, 0.717) is 12.4 Å². The summed E-state index contributed by atoms with van der Waals surface area (Å²) >= 11 is 1.42. The van der Waals surface area contributed by atoms with Gasteiger partial charge in [0.05, 0.1) is 13.0 Å². The summed E-state index contributed by atoms with van der Waals surface area (Å²) < 4.78 is 9.71. The first-order valence-corrected chi connectivity index (χ1v) is 5.16. The molecule has 4 nitrogen and oxygen atoms in total. The maximum Gasteiger partial charge on any atom is 0.310 e. The number of aliphatic hydroxyl groups excluding tert-OH is 1. The minimum atomic E-state index is -0.382. The van der Waals surface area contributed by atoms with Crippen molar-refractivity contribution < 1.29 is 19.4 Å². The summed E-state index contributed by atoms with van der Waals surface area (Å²) in [5, 5.41) is 12.1. The van der Waals surface area contributed by atoms with E-state index in [0.717, 1.165) is 5.56 Å². The minimum absolute atomic E-state index is 0.187. The monoisotopic (exact) mass is 216 g/mol. The summed E-state index contributed by atoms with van der Waals surface area (Å²) in [5.41, 5.74) is 0.752. The van der Waals surface area contributed by atoms with Crippen LogP contribution in [0.1, 0.15) is 12.5 Å². The number of hydrogen-bond donors (Lipinski definition) is 1. The molecule has 0 amide bonds. The Bertz CT molecular complexity index is 295. The van der Waals surface area contributed by atoms with E-state index < -0.39 is 0 Å². The summed E-state index contributed by atoms with van der Waals surface area (Å²) in [6.45, 7) is 1.75. The fourth-order valence-electron chi connectivity index (χ4n) is 1.00. The molecular weight excluding hydrogens is 204 g/mol. The van der Waals surface area contributed by atoms with Gasteiger partial charge in [0.25, 0.3) is 0 Å². The Kier molecular flexibility index (Phi) is 4.42.